The molecule has 0 atom stereocenters. The van der Waals surface area contributed by atoms with Gasteiger partial charge in [0.15, 0.2) is 0 Å². The molecule has 0 amide bonds. The predicted octanol–water partition coefficient (Wildman–Crippen LogP) is 6.77. The Balaban J connectivity index is 1.44. The van der Waals surface area contributed by atoms with E-state index in [2.05, 4.69) is 30.1 Å². The molecule has 4 rings (SSSR count). The van der Waals surface area contributed by atoms with Crippen molar-refractivity contribution in [2.45, 2.75) is 64.4 Å². The molecule has 30 heavy (non-hydrogen) atoms. The molecule has 2 N–H and O–H groups in total. The van der Waals surface area contributed by atoms with Crippen molar-refractivity contribution >= 4 is 28.5 Å². The van der Waals surface area contributed by atoms with Gasteiger partial charge in [-0.15, -0.1) is 0 Å². The van der Waals surface area contributed by atoms with Gasteiger partial charge in [0, 0.05) is 16.6 Å². The highest BCUT2D eigenvalue weighted by molar-refractivity contribution is 6.36. The number of nitrogens with one attached hydrogen (secondary N) is 1. The van der Waals surface area contributed by atoms with Crippen LogP contribution in [0.1, 0.15) is 66.8 Å². The van der Waals surface area contributed by atoms with Crippen LogP contribution in [0.15, 0.2) is 36.4 Å². The number of H-pyrrole nitrogens is 1. The summed E-state index contributed by atoms with van der Waals surface area (Å²) in [6, 6.07) is 12.5. The van der Waals surface area contributed by atoms with Crippen molar-refractivity contribution in [1.29, 1.82) is 0 Å². The van der Waals surface area contributed by atoms with Crippen molar-refractivity contribution in [3.8, 4) is 5.75 Å². The summed E-state index contributed by atoms with van der Waals surface area (Å²) < 4.78 is 6.04. The number of fused-ring (bicyclic) bond motifs is 1. The Labute approximate surface area is 182 Å². The van der Waals surface area contributed by atoms with E-state index in [0.717, 1.165) is 27.9 Å². The molecule has 1 saturated carbocycles. The first-order valence-corrected chi connectivity index (χ1v) is 11.1. The number of carboxylic acids is 1. The Bertz CT molecular complexity index is 1050. The zero-order valence-corrected chi connectivity index (χ0v) is 18.1. The van der Waals surface area contributed by atoms with E-state index in [4.69, 9.17) is 21.4 Å². The third-order valence-corrected chi connectivity index (χ3v) is 6.58. The summed E-state index contributed by atoms with van der Waals surface area (Å²) in [5.41, 5.74) is 5.65. The summed E-state index contributed by atoms with van der Waals surface area (Å²) in [5, 5.41) is 10.3. The van der Waals surface area contributed by atoms with Crippen LogP contribution in [0.5, 0.6) is 5.75 Å². The van der Waals surface area contributed by atoms with Gasteiger partial charge in [0.25, 0.3) is 0 Å². The van der Waals surface area contributed by atoms with Gasteiger partial charge in [-0.3, -0.25) is 4.79 Å². The van der Waals surface area contributed by atoms with Gasteiger partial charge in [0.1, 0.15) is 12.4 Å². The van der Waals surface area contributed by atoms with Gasteiger partial charge in [-0.2, -0.15) is 0 Å². The highest BCUT2D eigenvalue weighted by Crippen LogP contribution is 2.35. The van der Waals surface area contributed by atoms with E-state index in [-0.39, 0.29) is 6.42 Å². The van der Waals surface area contributed by atoms with Crippen LogP contribution in [0.25, 0.3) is 10.9 Å². The maximum absolute atomic E-state index is 10.8. The summed E-state index contributed by atoms with van der Waals surface area (Å²) >= 11 is 6.46. The third kappa shape index (κ3) is 4.65. The van der Waals surface area contributed by atoms with Crippen molar-refractivity contribution < 1.29 is 14.6 Å². The quantitative estimate of drug-likeness (QED) is 0.438. The third-order valence-electron chi connectivity index (χ3n) is 6.15. The number of carbonyl (C=O) groups is 1. The zero-order valence-electron chi connectivity index (χ0n) is 17.3. The average Bonchev–Trinajstić information content (AvgIpc) is 3.06. The highest BCUT2D eigenvalue weighted by Gasteiger charge is 2.17. The van der Waals surface area contributed by atoms with Crippen LogP contribution >= 0.6 is 11.6 Å². The van der Waals surface area contributed by atoms with Crippen LogP contribution in [-0.2, 0) is 17.8 Å². The van der Waals surface area contributed by atoms with Gasteiger partial charge >= 0.3 is 5.97 Å². The number of aromatic amines is 1. The van der Waals surface area contributed by atoms with Crippen molar-refractivity contribution in [1.82, 2.24) is 4.98 Å². The van der Waals surface area contributed by atoms with E-state index < -0.39 is 5.97 Å². The molecule has 2 aromatic carbocycles. The van der Waals surface area contributed by atoms with Gasteiger partial charge in [-0.25, -0.2) is 0 Å². The number of aliphatic carboxylic acids is 1. The van der Waals surface area contributed by atoms with E-state index in [1.165, 1.54) is 43.2 Å². The number of hydrogen-bond acceptors (Lipinski definition) is 2. The van der Waals surface area contributed by atoms with E-state index in [1.807, 2.05) is 18.2 Å². The van der Waals surface area contributed by atoms with Crippen molar-refractivity contribution in [2.75, 3.05) is 0 Å². The number of ether oxygens (including phenoxy) is 1. The summed E-state index contributed by atoms with van der Waals surface area (Å²) in [6.45, 7) is 2.71. The van der Waals surface area contributed by atoms with Gasteiger partial charge in [-0.05, 0) is 67.0 Å². The molecule has 3 aromatic rings. The fraction of sp³-hybridized carbons (Fsp3) is 0.400. The average molecular weight is 426 g/mol. The van der Waals surface area contributed by atoms with Crippen LogP contribution in [-0.4, -0.2) is 16.1 Å². The lowest BCUT2D eigenvalue weighted by molar-refractivity contribution is -0.136. The van der Waals surface area contributed by atoms with Crippen LogP contribution < -0.4 is 4.74 Å². The Morgan fingerprint density at radius 1 is 1.17 bits per heavy atom. The molecule has 5 heteroatoms. The second-order valence-electron chi connectivity index (χ2n) is 8.33. The largest absolute Gasteiger partial charge is 0.489 e. The molecule has 1 fully saturated rings. The molecule has 0 spiro atoms. The standard InChI is InChI=1S/C25H28ClNO3/c1-16-13-17(7-9-20(16)18-5-3-2-4-6-18)15-30-19-8-10-22-21(14-19)25(26)23(27-22)11-12-24(28)29/h7-10,13-14,18,27H,2-6,11-12,15H2,1H3,(H,28,29). The second-order valence-corrected chi connectivity index (χ2v) is 8.71. The molecule has 1 heterocycles. The predicted molar refractivity (Wildman–Crippen MR) is 121 cm³/mol. The molecule has 0 radical (unpaired) electrons. The normalized spacial score (nSPS) is 14.9. The van der Waals surface area contributed by atoms with E-state index >= 15 is 0 Å². The Hall–Kier alpha value is -2.46. The molecule has 0 aliphatic heterocycles. The highest BCUT2D eigenvalue weighted by atomic mass is 35.5. The van der Waals surface area contributed by atoms with Crippen LogP contribution in [0, 0.1) is 6.92 Å². The lowest BCUT2D eigenvalue weighted by Gasteiger charge is -2.24. The van der Waals surface area contributed by atoms with Gasteiger partial charge in [0.2, 0.25) is 0 Å². The van der Waals surface area contributed by atoms with Crippen molar-refractivity contribution in [3.63, 3.8) is 0 Å². The fourth-order valence-electron chi connectivity index (χ4n) is 4.55. The lowest BCUT2D eigenvalue weighted by atomic mass is 9.82. The van der Waals surface area contributed by atoms with Crippen molar-refractivity contribution in [3.05, 3.63) is 63.8 Å². The second kappa shape index (κ2) is 9.13. The first-order valence-electron chi connectivity index (χ1n) is 10.8. The maximum atomic E-state index is 10.8. The zero-order chi connectivity index (χ0) is 21.1. The lowest BCUT2D eigenvalue weighted by Crippen LogP contribution is -2.07. The van der Waals surface area contributed by atoms with Crippen LogP contribution in [0.3, 0.4) is 0 Å². The molecule has 0 saturated heterocycles. The fourth-order valence-corrected chi connectivity index (χ4v) is 4.85. The minimum atomic E-state index is -0.835. The first kappa shape index (κ1) is 20.8. The van der Waals surface area contributed by atoms with Crippen LogP contribution in [0.2, 0.25) is 5.02 Å². The molecular formula is C25H28ClNO3. The number of benzene rings is 2. The van der Waals surface area contributed by atoms with Crippen molar-refractivity contribution in [2.24, 2.45) is 0 Å². The number of aryl methyl sites for hydroxylation is 2. The number of hydrogen-bond donors (Lipinski definition) is 2. The molecule has 1 aromatic heterocycles. The summed E-state index contributed by atoms with van der Waals surface area (Å²) in [6.07, 6.45) is 7.11. The summed E-state index contributed by atoms with van der Waals surface area (Å²) in [7, 11) is 0. The monoisotopic (exact) mass is 425 g/mol. The topological polar surface area (TPSA) is 62.3 Å². The number of aromatic nitrogens is 1. The minimum absolute atomic E-state index is 0.0477. The van der Waals surface area contributed by atoms with Gasteiger partial charge in [0.05, 0.1) is 11.4 Å². The van der Waals surface area contributed by atoms with Gasteiger partial charge < -0.3 is 14.8 Å². The first-order chi connectivity index (χ1) is 14.5. The smallest absolute Gasteiger partial charge is 0.303 e. The molecule has 158 valence electrons. The van der Waals surface area contributed by atoms with E-state index in [0.29, 0.717) is 24.0 Å². The van der Waals surface area contributed by atoms with Gasteiger partial charge in [-0.1, -0.05) is 49.1 Å². The summed E-state index contributed by atoms with van der Waals surface area (Å²) in [4.78, 5) is 14.0. The molecule has 1 aliphatic rings. The SMILES string of the molecule is Cc1cc(COc2ccc3[nH]c(CCC(=O)O)c(Cl)c3c2)ccc1C1CCCCC1. The molecule has 0 unspecified atom stereocenters. The number of halogens is 1. The molecule has 0 bridgehead atoms. The van der Waals surface area contributed by atoms with Crippen LogP contribution in [0.4, 0.5) is 0 Å². The number of carboxylic acid groups (broad SMARTS) is 1. The number of rotatable bonds is 7. The molecular weight excluding hydrogens is 398 g/mol. The molecule has 1 aliphatic carbocycles. The Kier molecular flexibility index (Phi) is 6.33. The maximum Gasteiger partial charge on any atom is 0.303 e. The Morgan fingerprint density at radius 3 is 2.70 bits per heavy atom. The summed E-state index contributed by atoms with van der Waals surface area (Å²) in [5.74, 6) is 0.628. The van der Waals surface area contributed by atoms with E-state index in [1.54, 1.807) is 0 Å². The minimum Gasteiger partial charge on any atom is -0.489 e. The molecule has 4 nitrogen and oxygen atoms in total. The van der Waals surface area contributed by atoms with E-state index in [9.17, 15) is 4.79 Å². The Morgan fingerprint density at radius 2 is 1.97 bits per heavy atom.